The van der Waals surface area contributed by atoms with Crippen LogP contribution >= 0.6 is 0 Å². The number of hydrogen-bond donors (Lipinski definition) is 2. The third-order valence-corrected chi connectivity index (χ3v) is 3.61. The van der Waals surface area contributed by atoms with Crippen molar-refractivity contribution in [3.05, 3.63) is 0 Å². The minimum Gasteiger partial charge on any atom is -0.355 e. The van der Waals surface area contributed by atoms with Crippen molar-refractivity contribution in [2.24, 2.45) is 5.92 Å². The van der Waals surface area contributed by atoms with Crippen LogP contribution in [0.4, 0.5) is 0 Å². The van der Waals surface area contributed by atoms with Gasteiger partial charge in [-0.25, -0.2) is 0 Å². The van der Waals surface area contributed by atoms with Crippen molar-refractivity contribution in [2.45, 2.75) is 64.8 Å². The maximum absolute atomic E-state index is 12.0. The molecule has 3 heteroatoms. The van der Waals surface area contributed by atoms with Gasteiger partial charge in [0.05, 0.1) is 5.54 Å². The zero-order valence-electron chi connectivity index (χ0n) is 11.6. The lowest BCUT2D eigenvalue weighted by atomic mass is 9.90. The van der Waals surface area contributed by atoms with Gasteiger partial charge >= 0.3 is 0 Å². The molecule has 0 aliphatic carbocycles. The highest BCUT2D eigenvalue weighted by Crippen LogP contribution is 2.18. The summed E-state index contributed by atoms with van der Waals surface area (Å²) in [5.74, 6) is 0.949. The quantitative estimate of drug-likeness (QED) is 0.700. The summed E-state index contributed by atoms with van der Waals surface area (Å²) in [6, 6.07) is 0. The Morgan fingerprint density at radius 1 is 1.35 bits per heavy atom. The molecule has 1 aliphatic rings. The number of nitrogens with one attached hydrogen (secondary N) is 2. The van der Waals surface area contributed by atoms with Gasteiger partial charge in [0.2, 0.25) is 5.91 Å². The number of amides is 1. The largest absolute Gasteiger partial charge is 0.355 e. The Morgan fingerprint density at radius 2 is 2.12 bits per heavy atom. The number of piperidine rings is 1. The molecule has 1 atom stereocenters. The van der Waals surface area contributed by atoms with Crippen molar-refractivity contribution in [3.63, 3.8) is 0 Å². The van der Waals surface area contributed by atoms with Gasteiger partial charge < -0.3 is 10.6 Å². The fourth-order valence-electron chi connectivity index (χ4n) is 2.32. The summed E-state index contributed by atoms with van der Waals surface area (Å²) in [4.78, 5) is 12.0. The molecular weight excluding hydrogens is 212 g/mol. The first-order chi connectivity index (χ1) is 8.04. The second-order valence-electron chi connectivity index (χ2n) is 5.86. The lowest BCUT2D eigenvalue weighted by molar-refractivity contribution is -0.127. The Balaban J connectivity index is 2.15. The maximum atomic E-state index is 12.0. The van der Waals surface area contributed by atoms with Crippen LogP contribution in [0.15, 0.2) is 0 Å². The molecule has 0 bridgehead atoms. The summed E-state index contributed by atoms with van der Waals surface area (Å²) in [5.41, 5.74) is -0.323. The van der Waals surface area contributed by atoms with E-state index in [1.807, 2.05) is 6.92 Å². The molecule has 0 saturated carbocycles. The molecule has 1 amide bonds. The van der Waals surface area contributed by atoms with Gasteiger partial charge in [0.25, 0.3) is 0 Å². The number of hydrogen-bond acceptors (Lipinski definition) is 2. The first-order valence-corrected chi connectivity index (χ1v) is 7.08. The Hall–Kier alpha value is -0.570. The van der Waals surface area contributed by atoms with E-state index in [1.54, 1.807) is 0 Å². The Kier molecular flexibility index (Phi) is 5.96. The molecule has 0 aromatic rings. The van der Waals surface area contributed by atoms with Crippen LogP contribution in [0.1, 0.15) is 59.3 Å². The molecule has 0 aromatic carbocycles. The average Bonchev–Trinajstić information content (AvgIpc) is 2.29. The van der Waals surface area contributed by atoms with Gasteiger partial charge in [0.15, 0.2) is 0 Å². The lowest BCUT2D eigenvalue weighted by Crippen LogP contribution is -2.57. The minimum atomic E-state index is -0.323. The second-order valence-corrected chi connectivity index (χ2v) is 5.86. The average molecular weight is 240 g/mol. The molecule has 1 saturated heterocycles. The molecule has 0 radical (unpaired) electrons. The van der Waals surface area contributed by atoms with Crippen LogP contribution in [0.2, 0.25) is 0 Å². The van der Waals surface area contributed by atoms with E-state index in [2.05, 4.69) is 24.5 Å². The highest BCUT2D eigenvalue weighted by molar-refractivity contribution is 5.85. The van der Waals surface area contributed by atoms with Gasteiger partial charge in [0, 0.05) is 6.54 Å². The van der Waals surface area contributed by atoms with Crippen LogP contribution in [0.25, 0.3) is 0 Å². The standard InChI is InChI=1S/C14H28N2O/c1-12(2)8-4-6-10-15-13(17)14(3)9-5-7-11-16-14/h12,16H,4-11H2,1-3H3,(H,15,17). The molecule has 1 rings (SSSR count). The normalized spacial score (nSPS) is 24.9. The molecule has 1 aliphatic heterocycles. The summed E-state index contributed by atoms with van der Waals surface area (Å²) < 4.78 is 0. The summed E-state index contributed by atoms with van der Waals surface area (Å²) in [7, 11) is 0. The first-order valence-electron chi connectivity index (χ1n) is 7.08. The van der Waals surface area contributed by atoms with Crippen molar-refractivity contribution in [1.82, 2.24) is 10.6 Å². The molecule has 1 unspecified atom stereocenters. The van der Waals surface area contributed by atoms with Crippen LogP contribution in [0.5, 0.6) is 0 Å². The molecule has 3 nitrogen and oxygen atoms in total. The molecule has 0 aromatic heterocycles. The number of carbonyl (C=O) groups excluding carboxylic acids is 1. The van der Waals surface area contributed by atoms with E-state index in [-0.39, 0.29) is 11.4 Å². The second kappa shape index (κ2) is 7.00. The highest BCUT2D eigenvalue weighted by atomic mass is 16.2. The van der Waals surface area contributed by atoms with Gasteiger partial charge in [-0.1, -0.05) is 26.7 Å². The molecular formula is C14H28N2O. The summed E-state index contributed by atoms with van der Waals surface area (Å²) in [5, 5.41) is 6.41. The van der Waals surface area contributed by atoms with Crippen LogP contribution in [-0.2, 0) is 4.79 Å². The molecule has 2 N–H and O–H groups in total. The molecule has 1 heterocycles. The summed E-state index contributed by atoms with van der Waals surface area (Å²) >= 11 is 0. The fourth-order valence-corrected chi connectivity index (χ4v) is 2.32. The number of carbonyl (C=O) groups is 1. The first kappa shape index (κ1) is 14.5. The maximum Gasteiger partial charge on any atom is 0.240 e. The SMILES string of the molecule is CC(C)CCCCNC(=O)C1(C)CCCCN1. The van der Waals surface area contributed by atoms with E-state index in [9.17, 15) is 4.79 Å². The van der Waals surface area contributed by atoms with Gasteiger partial charge in [-0.2, -0.15) is 0 Å². The number of rotatable bonds is 6. The third kappa shape index (κ3) is 5.07. The van der Waals surface area contributed by atoms with E-state index in [1.165, 1.54) is 19.3 Å². The Bertz CT molecular complexity index is 232. The number of unbranched alkanes of at least 4 members (excludes halogenated alkanes) is 1. The van der Waals surface area contributed by atoms with E-state index in [4.69, 9.17) is 0 Å². The molecule has 17 heavy (non-hydrogen) atoms. The van der Waals surface area contributed by atoms with Crippen LogP contribution < -0.4 is 10.6 Å². The zero-order valence-corrected chi connectivity index (χ0v) is 11.6. The zero-order chi connectivity index (χ0) is 12.7. The minimum absolute atomic E-state index is 0.182. The van der Waals surface area contributed by atoms with E-state index in [0.29, 0.717) is 0 Å². The van der Waals surface area contributed by atoms with Gasteiger partial charge in [-0.05, 0) is 45.1 Å². The van der Waals surface area contributed by atoms with Crippen LogP contribution in [0.3, 0.4) is 0 Å². The molecule has 0 spiro atoms. The van der Waals surface area contributed by atoms with E-state index in [0.717, 1.165) is 38.3 Å². The lowest BCUT2D eigenvalue weighted by Gasteiger charge is -2.33. The van der Waals surface area contributed by atoms with E-state index >= 15 is 0 Å². The van der Waals surface area contributed by atoms with Gasteiger partial charge in [-0.15, -0.1) is 0 Å². The van der Waals surface area contributed by atoms with Gasteiger partial charge in [0.1, 0.15) is 0 Å². The van der Waals surface area contributed by atoms with Crippen molar-refractivity contribution in [3.8, 4) is 0 Å². The molecule has 1 fully saturated rings. The van der Waals surface area contributed by atoms with Crippen molar-refractivity contribution in [2.75, 3.05) is 13.1 Å². The van der Waals surface area contributed by atoms with Crippen LogP contribution in [0, 0.1) is 5.92 Å². The predicted octanol–water partition coefficient (Wildman–Crippen LogP) is 2.46. The van der Waals surface area contributed by atoms with Crippen molar-refractivity contribution < 1.29 is 4.79 Å². The third-order valence-electron chi connectivity index (χ3n) is 3.61. The van der Waals surface area contributed by atoms with Crippen LogP contribution in [-0.4, -0.2) is 24.5 Å². The van der Waals surface area contributed by atoms with Gasteiger partial charge in [-0.3, -0.25) is 4.79 Å². The predicted molar refractivity (Wildman–Crippen MR) is 72.0 cm³/mol. The van der Waals surface area contributed by atoms with E-state index < -0.39 is 0 Å². The summed E-state index contributed by atoms with van der Waals surface area (Å²) in [6.45, 7) is 8.30. The van der Waals surface area contributed by atoms with Crippen molar-refractivity contribution in [1.29, 1.82) is 0 Å². The Labute approximate surface area is 106 Å². The van der Waals surface area contributed by atoms with Crippen molar-refractivity contribution >= 4 is 5.91 Å². The highest BCUT2D eigenvalue weighted by Gasteiger charge is 2.33. The monoisotopic (exact) mass is 240 g/mol. The molecule has 100 valence electrons. The summed E-state index contributed by atoms with van der Waals surface area (Å²) in [6.07, 6.45) is 6.87. The smallest absolute Gasteiger partial charge is 0.240 e. The fraction of sp³-hybridized carbons (Fsp3) is 0.929. The Morgan fingerprint density at radius 3 is 2.71 bits per heavy atom. The topological polar surface area (TPSA) is 41.1 Å².